The van der Waals surface area contributed by atoms with Crippen molar-refractivity contribution in [1.82, 2.24) is 10.4 Å². The lowest BCUT2D eigenvalue weighted by Crippen LogP contribution is -2.17. The van der Waals surface area contributed by atoms with E-state index in [1.807, 2.05) is 85.8 Å². The van der Waals surface area contributed by atoms with Gasteiger partial charge in [-0.1, -0.05) is 66.7 Å². The van der Waals surface area contributed by atoms with Crippen LogP contribution < -0.4 is 5.43 Å². The Morgan fingerprint density at radius 1 is 0.933 bits per heavy atom. The third-order valence-corrected chi connectivity index (χ3v) is 5.22. The van der Waals surface area contributed by atoms with Gasteiger partial charge in [-0.2, -0.15) is 5.10 Å². The first-order chi connectivity index (χ1) is 14.7. The highest BCUT2D eigenvalue weighted by Gasteiger charge is 2.17. The zero-order valence-corrected chi connectivity index (χ0v) is 16.3. The van der Waals surface area contributed by atoms with Gasteiger partial charge >= 0.3 is 5.91 Å². The number of aromatic amines is 1. The second kappa shape index (κ2) is 7.37. The van der Waals surface area contributed by atoms with E-state index >= 15 is 0 Å². The van der Waals surface area contributed by atoms with Crippen LogP contribution in [0.3, 0.4) is 0 Å². The van der Waals surface area contributed by atoms with Gasteiger partial charge in [-0.05, 0) is 24.6 Å². The molecule has 146 valence electrons. The number of furan rings is 1. The minimum atomic E-state index is -0.374. The van der Waals surface area contributed by atoms with E-state index in [9.17, 15) is 4.79 Å². The summed E-state index contributed by atoms with van der Waals surface area (Å²) in [6, 6.07) is 25.7. The van der Waals surface area contributed by atoms with Crippen LogP contribution in [0, 0.1) is 6.92 Å². The molecule has 0 fully saturated rings. The third kappa shape index (κ3) is 3.06. The number of hydrazone groups is 1. The van der Waals surface area contributed by atoms with E-state index in [0.717, 1.165) is 38.7 Å². The van der Waals surface area contributed by atoms with Gasteiger partial charge in [-0.3, -0.25) is 4.79 Å². The molecule has 2 aromatic heterocycles. The Labute approximate surface area is 173 Å². The van der Waals surface area contributed by atoms with Crippen LogP contribution >= 0.6 is 0 Å². The lowest BCUT2D eigenvalue weighted by Gasteiger charge is -2.01. The molecule has 2 heterocycles. The molecule has 0 bridgehead atoms. The highest BCUT2D eigenvalue weighted by atomic mass is 16.3. The quantitative estimate of drug-likeness (QED) is 0.306. The summed E-state index contributed by atoms with van der Waals surface area (Å²) in [5.41, 5.74) is 8.02. The predicted octanol–water partition coefficient (Wildman–Crippen LogP) is 5.65. The molecule has 0 saturated carbocycles. The zero-order valence-electron chi connectivity index (χ0n) is 16.3. The lowest BCUT2D eigenvalue weighted by atomic mass is 10.1. The first-order valence-electron chi connectivity index (χ1n) is 9.70. The van der Waals surface area contributed by atoms with Gasteiger partial charge < -0.3 is 9.40 Å². The fraction of sp³-hybridized carbons (Fsp3) is 0.0400. The SMILES string of the molecule is Cc1c(C(=O)N/N=C/c2c(-c3ccccc3)[nH]c3ccccc23)oc2ccccc12. The van der Waals surface area contributed by atoms with Crippen LogP contribution in [0.1, 0.15) is 21.7 Å². The summed E-state index contributed by atoms with van der Waals surface area (Å²) in [6.07, 6.45) is 1.68. The molecule has 5 heteroatoms. The highest BCUT2D eigenvalue weighted by molar-refractivity contribution is 6.06. The molecule has 0 radical (unpaired) electrons. The fourth-order valence-corrected chi connectivity index (χ4v) is 3.73. The third-order valence-electron chi connectivity index (χ3n) is 5.22. The van der Waals surface area contributed by atoms with E-state index in [2.05, 4.69) is 15.5 Å². The van der Waals surface area contributed by atoms with Crippen LogP contribution in [0.4, 0.5) is 0 Å². The Hall–Kier alpha value is -4.12. The minimum absolute atomic E-state index is 0.274. The number of aromatic nitrogens is 1. The number of carbonyl (C=O) groups is 1. The normalized spacial score (nSPS) is 11.5. The predicted molar refractivity (Wildman–Crippen MR) is 120 cm³/mol. The summed E-state index contributed by atoms with van der Waals surface area (Å²) in [6.45, 7) is 1.87. The molecule has 5 nitrogen and oxygen atoms in total. The van der Waals surface area contributed by atoms with Crippen molar-refractivity contribution in [1.29, 1.82) is 0 Å². The van der Waals surface area contributed by atoms with Crippen LogP contribution in [-0.2, 0) is 0 Å². The average Bonchev–Trinajstić information content (AvgIpc) is 3.33. The average molecular weight is 393 g/mol. The molecule has 1 amide bonds. The standard InChI is InChI=1S/C25H19N3O2/c1-16-18-11-6-8-14-22(18)30-24(16)25(29)28-26-15-20-19-12-5-7-13-21(19)27-23(20)17-9-3-2-4-10-17/h2-15,27H,1H3,(H,28,29)/b26-15+. The van der Waals surface area contributed by atoms with Crippen molar-refractivity contribution in [3.05, 3.63) is 95.7 Å². The van der Waals surface area contributed by atoms with Gasteiger partial charge in [0.15, 0.2) is 5.76 Å². The Kier molecular flexibility index (Phi) is 4.41. The first kappa shape index (κ1) is 17.9. The monoisotopic (exact) mass is 393 g/mol. The largest absolute Gasteiger partial charge is 0.451 e. The number of amides is 1. The zero-order chi connectivity index (χ0) is 20.5. The Morgan fingerprint density at radius 2 is 1.63 bits per heavy atom. The van der Waals surface area contributed by atoms with E-state index in [0.29, 0.717) is 5.58 Å². The molecule has 2 N–H and O–H groups in total. The molecule has 30 heavy (non-hydrogen) atoms. The highest BCUT2D eigenvalue weighted by Crippen LogP contribution is 2.29. The topological polar surface area (TPSA) is 70.4 Å². The number of nitrogens with one attached hydrogen (secondary N) is 2. The number of aryl methyl sites for hydroxylation is 1. The van der Waals surface area contributed by atoms with Crippen LogP contribution in [0.5, 0.6) is 0 Å². The van der Waals surface area contributed by atoms with Crippen LogP contribution in [-0.4, -0.2) is 17.1 Å². The van der Waals surface area contributed by atoms with E-state index in [4.69, 9.17) is 4.42 Å². The fourth-order valence-electron chi connectivity index (χ4n) is 3.73. The van der Waals surface area contributed by atoms with Gasteiger partial charge in [0.05, 0.1) is 11.9 Å². The Balaban J connectivity index is 1.48. The summed E-state index contributed by atoms with van der Waals surface area (Å²) < 4.78 is 5.72. The molecule has 3 aromatic carbocycles. The van der Waals surface area contributed by atoms with E-state index in [1.165, 1.54) is 0 Å². The van der Waals surface area contributed by atoms with Gasteiger partial charge in [0.2, 0.25) is 0 Å². The van der Waals surface area contributed by atoms with Crippen molar-refractivity contribution < 1.29 is 9.21 Å². The number of rotatable bonds is 4. The molecule has 0 saturated heterocycles. The van der Waals surface area contributed by atoms with Crippen molar-refractivity contribution in [2.24, 2.45) is 5.10 Å². The van der Waals surface area contributed by atoms with Gasteiger partial charge in [0, 0.05) is 27.4 Å². The van der Waals surface area contributed by atoms with Crippen molar-refractivity contribution in [2.45, 2.75) is 6.92 Å². The summed E-state index contributed by atoms with van der Waals surface area (Å²) in [7, 11) is 0. The Morgan fingerprint density at radius 3 is 2.43 bits per heavy atom. The number of fused-ring (bicyclic) bond motifs is 2. The van der Waals surface area contributed by atoms with Gasteiger partial charge in [0.25, 0.3) is 0 Å². The first-order valence-corrected chi connectivity index (χ1v) is 9.70. The number of hydrogen-bond acceptors (Lipinski definition) is 3. The van der Waals surface area contributed by atoms with Gasteiger partial charge in [-0.15, -0.1) is 0 Å². The maximum atomic E-state index is 12.7. The van der Waals surface area contributed by atoms with Gasteiger partial charge in [0.1, 0.15) is 5.58 Å². The number of benzene rings is 3. The van der Waals surface area contributed by atoms with Crippen molar-refractivity contribution in [2.75, 3.05) is 0 Å². The lowest BCUT2D eigenvalue weighted by molar-refractivity contribution is 0.0929. The molecular weight excluding hydrogens is 374 g/mol. The van der Waals surface area contributed by atoms with Crippen LogP contribution in [0.25, 0.3) is 33.1 Å². The maximum absolute atomic E-state index is 12.7. The number of nitrogens with zero attached hydrogens (tertiary/aromatic N) is 1. The maximum Gasteiger partial charge on any atom is 0.307 e. The van der Waals surface area contributed by atoms with E-state index < -0.39 is 0 Å². The number of carbonyl (C=O) groups excluding carboxylic acids is 1. The van der Waals surface area contributed by atoms with Crippen molar-refractivity contribution in [3.63, 3.8) is 0 Å². The number of para-hydroxylation sites is 2. The summed E-state index contributed by atoms with van der Waals surface area (Å²) in [5.74, 6) is -0.100. The molecule has 0 unspecified atom stereocenters. The molecule has 0 aliphatic carbocycles. The smallest absolute Gasteiger partial charge is 0.307 e. The van der Waals surface area contributed by atoms with Crippen molar-refractivity contribution >= 4 is 34.0 Å². The number of H-pyrrole nitrogens is 1. The second-order valence-corrected chi connectivity index (χ2v) is 7.08. The minimum Gasteiger partial charge on any atom is -0.451 e. The van der Waals surface area contributed by atoms with Gasteiger partial charge in [-0.25, -0.2) is 5.43 Å². The second-order valence-electron chi connectivity index (χ2n) is 7.08. The summed E-state index contributed by atoms with van der Waals surface area (Å²) in [5, 5.41) is 6.20. The van der Waals surface area contributed by atoms with Crippen LogP contribution in [0.2, 0.25) is 0 Å². The van der Waals surface area contributed by atoms with E-state index in [1.54, 1.807) is 6.21 Å². The summed E-state index contributed by atoms with van der Waals surface area (Å²) in [4.78, 5) is 16.1. The molecular formula is C25H19N3O2. The number of hydrogen-bond donors (Lipinski definition) is 2. The Bertz CT molecular complexity index is 1390. The van der Waals surface area contributed by atoms with Crippen molar-refractivity contribution in [3.8, 4) is 11.3 Å². The molecule has 5 aromatic rings. The van der Waals surface area contributed by atoms with Crippen LogP contribution in [0.15, 0.2) is 88.4 Å². The summed E-state index contributed by atoms with van der Waals surface area (Å²) >= 11 is 0. The molecule has 0 aliphatic heterocycles. The molecule has 0 aliphatic rings. The van der Waals surface area contributed by atoms with E-state index in [-0.39, 0.29) is 11.7 Å². The molecule has 0 atom stereocenters. The molecule has 0 spiro atoms. The molecule has 5 rings (SSSR count).